The smallest absolute Gasteiger partial charge is 0.413 e. The van der Waals surface area contributed by atoms with Crippen LogP contribution in [0.5, 0.6) is 0 Å². The number of hydrogen-bond donors (Lipinski definition) is 1. The molecule has 106 valence electrons. The summed E-state index contributed by atoms with van der Waals surface area (Å²) in [7, 11) is 0.143. The van der Waals surface area contributed by atoms with Crippen LogP contribution in [0.2, 0.25) is 0 Å². The highest BCUT2D eigenvalue weighted by molar-refractivity contribution is 6.22. The molecule has 6 heteroatoms. The second-order valence-corrected chi connectivity index (χ2v) is 6.88. The van der Waals surface area contributed by atoms with Gasteiger partial charge < -0.3 is 9.76 Å². The summed E-state index contributed by atoms with van der Waals surface area (Å²) in [4.78, 5) is 11.4. The van der Waals surface area contributed by atoms with Crippen molar-refractivity contribution in [2.45, 2.75) is 77.8 Å². The van der Waals surface area contributed by atoms with Gasteiger partial charge in [-0.2, -0.15) is 0 Å². The van der Waals surface area contributed by atoms with Crippen LogP contribution >= 0.6 is 0 Å². The summed E-state index contributed by atoms with van der Waals surface area (Å²) in [5.41, 5.74) is -2.49. The van der Waals surface area contributed by atoms with Gasteiger partial charge in [-0.1, -0.05) is 5.14 Å². The average Bonchev–Trinajstić information content (AvgIpc) is 2.30. The minimum atomic E-state index is -0.947. The summed E-state index contributed by atoms with van der Waals surface area (Å²) < 4.78 is 5.69. The highest BCUT2D eigenvalue weighted by Gasteiger charge is 2.50. The van der Waals surface area contributed by atoms with E-state index < -0.39 is 22.4 Å². The second kappa shape index (κ2) is 4.46. The van der Waals surface area contributed by atoms with Crippen molar-refractivity contribution < 1.29 is 19.4 Å². The summed E-state index contributed by atoms with van der Waals surface area (Å²) in [6.07, 6.45) is 0. The third-order valence-corrected chi connectivity index (χ3v) is 4.11. The molecule has 0 bridgehead atoms. The molecule has 1 saturated heterocycles. The summed E-state index contributed by atoms with van der Waals surface area (Å²) in [5, 5.41) is 11.3. The van der Waals surface area contributed by atoms with Gasteiger partial charge in [0, 0.05) is 0 Å². The molecule has 1 rings (SSSR count). The lowest BCUT2D eigenvalue weighted by atomic mass is 9.88. The van der Waals surface area contributed by atoms with Gasteiger partial charge in [0.1, 0.15) is 11.2 Å². The molecule has 0 spiro atoms. The zero-order valence-corrected chi connectivity index (χ0v) is 12.8. The molecule has 0 aromatic carbocycles. The van der Waals surface area contributed by atoms with Gasteiger partial charge in [-0.05, 0) is 55.4 Å². The molecule has 0 radical (unpaired) electrons. The van der Waals surface area contributed by atoms with Crippen LogP contribution in [0.3, 0.4) is 0 Å². The third-order valence-electron chi connectivity index (χ3n) is 4.11. The highest BCUT2D eigenvalue weighted by atomic mass is 17.0. The number of aliphatic hydroxyl groups is 1. The van der Waals surface area contributed by atoms with E-state index in [2.05, 4.69) is 0 Å². The Bertz CT molecular complexity index is 294. The van der Waals surface area contributed by atoms with E-state index in [1.165, 1.54) is 5.14 Å². The van der Waals surface area contributed by atoms with Crippen molar-refractivity contribution in [1.82, 2.24) is 5.14 Å². The molecule has 1 N–H and O–H groups in total. The molecular weight excluding hydrogens is 233 g/mol. The maximum atomic E-state index is 10.00. The lowest BCUT2D eigenvalue weighted by Gasteiger charge is -2.38. The van der Waals surface area contributed by atoms with Gasteiger partial charge in [-0.3, -0.25) is 9.68 Å². The van der Waals surface area contributed by atoms with Crippen LogP contribution in [0.15, 0.2) is 0 Å². The molecule has 1 aliphatic rings. The monoisotopic (exact) mass is 259 g/mol. The minimum Gasteiger partial charge on any atom is -0.413 e. The molecule has 1 aliphatic heterocycles. The first kappa shape index (κ1) is 15.9. The average molecular weight is 259 g/mol. The summed E-state index contributed by atoms with van der Waals surface area (Å²) in [5.74, 6) is 0. The lowest BCUT2D eigenvalue weighted by Crippen LogP contribution is -2.49. The first-order valence-electron chi connectivity index (χ1n) is 6.31. The standard InChI is InChI=1S/C12H26BNO4/c1-9(2,15)10(3,4)16-13-14-17-11(5,6)12(7,8)18-14/h13,15H,1-8H3. The zero-order valence-electron chi connectivity index (χ0n) is 12.8. The maximum absolute atomic E-state index is 10.00. The van der Waals surface area contributed by atoms with Gasteiger partial charge >= 0.3 is 7.62 Å². The first-order chi connectivity index (χ1) is 7.79. The van der Waals surface area contributed by atoms with E-state index >= 15 is 0 Å². The third kappa shape index (κ3) is 3.06. The molecule has 0 aliphatic carbocycles. The highest BCUT2D eigenvalue weighted by Crippen LogP contribution is 2.37. The Kier molecular flexibility index (Phi) is 3.94. The number of nitrogens with zero attached hydrogens (tertiary/aromatic N) is 1. The Morgan fingerprint density at radius 1 is 1.00 bits per heavy atom. The van der Waals surface area contributed by atoms with Crippen LogP contribution in [-0.4, -0.2) is 40.3 Å². The van der Waals surface area contributed by atoms with Crippen molar-refractivity contribution >= 4 is 7.62 Å². The van der Waals surface area contributed by atoms with E-state index in [0.717, 1.165) is 0 Å². The van der Waals surface area contributed by atoms with Crippen LogP contribution in [0.1, 0.15) is 55.4 Å². The molecule has 18 heavy (non-hydrogen) atoms. The molecule has 0 aromatic heterocycles. The predicted molar refractivity (Wildman–Crippen MR) is 70.8 cm³/mol. The fraction of sp³-hybridized carbons (Fsp3) is 1.00. The van der Waals surface area contributed by atoms with Crippen molar-refractivity contribution in [2.24, 2.45) is 0 Å². The van der Waals surface area contributed by atoms with Crippen LogP contribution in [0.4, 0.5) is 0 Å². The van der Waals surface area contributed by atoms with Crippen molar-refractivity contribution in [2.75, 3.05) is 0 Å². The van der Waals surface area contributed by atoms with Crippen molar-refractivity contribution in [3.8, 4) is 0 Å². The van der Waals surface area contributed by atoms with Crippen molar-refractivity contribution in [1.29, 1.82) is 0 Å². The fourth-order valence-electron chi connectivity index (χ4n) is 1.19. The molecule has 1 fully saturated rings. The fourth-order valence-corrected chi connectivity index (χ4v) is 1.19. The van der Waals surface area contributed by atoms with Crippen LogP contribution in [-0.2, 0) is 14.3 Å². The van der Waals surface area contributed by atoms with E-state index in [4.69, 9.17) is 14.3 Å². The molecule has 0 atom stereocenters. The quantitative estimate of drug-likeness (QED) is 0.776. The van der Waals surface area contributed by atoms with Gasteiger partial charge in [-0.25, -0.2) is 0 Å². The van der Waals surface area contributed by atoms with E-state index in [1.54, 1.807) is 13.8 Å². The number of hydrogen-bond acceptors (Lipinski definition) is 5. The Labute approximate surface area is 111 Å². The Balaban J connectivity index is 2.58. The molecular formula is C12H26BNO4. The number of rotatable bonds is 4. The largest absolute Gasteiger partial charge is 0.425 e. The normalized spacial score (nSPS) is 24.3. The molecule has 1 heterocycles. The Morgan fingerprint density at radius 2 is 1.39 bits per heavy atom. The summed E-state index contributed by atoms with van der Waals surface area (Å²) in [6, 6.07) is 0. The lowest BCUT2D eigenvalue weighted by molar-refractivity contribution is -0.273. The molecule has 5 nitrogen and oxygen atoms in total. The second-order valence-electron chi connectivity index (χ2n) is 6.88. The first-order valence-corrected chi connectivity index (χ1v) is 6.31. The van der Waals surface area contributed by atoms with Gasteiger partial charge in [-0.15, -0.1) is 0 Å². The van der Waals surface area contributed by atoms with Gasteiger partial charge in [0.2, 0.25) is 0 Å². The van der Waals surface area contributed by atoms with Crippen LogP contribution in [0.25, 0.3) is 0 Å². The minimum absolute atomic E-state index is 0.143. The van der Waals surface area contributed by atoms with E-state index in [1.807, 2.05) is 41.5 Å². The maximum Gasteiger partial charge on any atom is 0.425 e. The van der Waals surface area contributed by atoms with Crippen LogP contribution < -0.4 is 0 Å². The topological polar surface area (TPSA) is 51.2 Å². The Morgan fingerprint density at radius 3 is 1.72 bits per heavy atom. The molecule has 0 amide bonds. The van der Waals surface area contributed by atoms with E-state index in [0.29, 0.717) is 0 Å². The SMILES string of the molecule is CC(C)(O)C(C)(C)OBN1OC(C)(C)C(C)(C)O1. The van der Waals surface area contributed by atoms with Gasteiger partial charge in [0.15, 0.2) is 0 Å². The molecule has 0 aromatic rings. The molecule has 0 saturated carbocycles. The zero-order chi connectivity index (χ0) is 14.4. The Hall–Kier alpha value is -0.135. The van der Waals surface area contributed by atoms with E-state index in [-0.39, 0.29) is 7.62 Å². The predicted octanol–water partition coefficient (Wildman–Crippen LogP) is 1.56. The van der Waals surface area contributed by atoms with Gasteiger partial charge in [0.25, 0.3) is 0 Å². The summed E-state index contributed by atoms with van der Waals surface area (Å²) in [6.45, 7) is 15.0. The van der Waals surface area contributed by atoms with Crippen molar-refractivity contribution in [3.63, 3.8) is 0 Å². The summed E-state index contributed by atoms with van der Waals surface area (Å²) >= 11 is 0. The van der Waals surface area contributed by atoms with Crippen LogP contribution in [0, 0.1) is 0 Å². The van der Waals surface area contributed by atoms with E-state index in [9.17, 15) is 5.11 Å². The van der Waals surface area contributed by atoms with Crippen molar-refractivity contribution in [3.05, 3.63) is 0 Å². The van der Waals surface area contributed by atoms with Gasteiger partial charge in [0.05, 0.1) is 11.2 Å². The molecule has 0 unspecified atom stereocenters.